The topological polar surface area (TPSA) is 95.2 Å². The lowest BCUT2D eigenvalue weighted by atomic mass is 9.95. The van der Waals surface area contributed by atoms with Gasteiger partial charge in [-0.3, -0.25) is 0 Å². The van der Waals surface area contributed by atoms with Crippen LogP contribution in [0.4, 0.5) is 0 Å². The molecule has 4 heteroatoms. The smallest absolute Gasteiger partial charge is 0.137 e. The van der Waals surface area contributed by atoms with E-state index in [0.717, 1.165) is 0 Å². The van der Waals surface area contributed by atoms with Gasteiger partial charge >= 0.3 is 0 Å². The fraction of sp³-hybridized carbons (Fsp3) is 0.0667. The summed E-state index contributed by atoms with van der Waals surface area (Å²) >= 11 is 0. The van der Waals surface area contributed by atoms with Crippen molar-refractivity contribution in [3.8, 4) is 24.3 Å². The molecule has 0 heterocycles. The molecular weight excluding hydrogens is 416 g/mol. The first-order valence-electron chi connectivity index (χ1n) is 10.6. The predicted octanol–water partition coefficient (Wildman–Crippen LogP) is 5.28. The Balaban J connectivity index is 0.000000161. The predicted molar refractivity (Wildman–Crippen MR) is 135 cm³/mol. The molecule has 0 atom stereocenters. The zero-order valence-corrected chi connectivity index (χ0v) is 18.7. The Kier molecular flexibility index (Phi) is 5.93. The third-order valence-corrected chi connectivity index (χ3v) is 5.95. The van der Waals surface area contributed by atoms with Crippen LogP contribution in [0.15, 0.2) is 72.8 Å². The lowest BCUT2D eigenvalue weighted by Gasteiger charge is -2.09. The summed E-state index contributed by atoms with van der Waals surface area (Å²) in [6.45, 7) is 3.47. The summed E-state index contributed by atoms with van der Waals surface area (Å²) in [6, 6.07) is 32.5. The van der Waals surface area contributed by atoms with Gasteiger partial charge in [0.05, 0.1) is 0 Å². The Bertz CT molecular complexity index is 1640. The van der Waals surface area contributed by atoms with E-state index in [1.54, 1.807) is 26.0 Å². The van der Waals surface area contributed by atoms with Crippen molar-refractivity contribution in [1.82, 2.24) is 0 Å². The van der Waals surface area contributed by atoms with Crippen molar-refractivity contribution in [2.75, 3.05) is 0 Å². The summed E-state index contributed by atoms with van der Waals surface area (Å²) in [5.74, 6) is 0. The van der Waals surface area contributed by atoms with Crippen molar-refractivity contribution in [3.63, 3.8) is 0 Å². The van der Waals surface area contributed by atoms with Crippen LogP contribution in [0, 0.1) is 59.2 Å². The summed E-state index contributed by atoms with van der Waals surface area (Å²) < 4.78 is 0. The van der Waals surface area contributed by atoms with E-state index in [0.29, 0.717) is 21.6 Å². The zero-order valence-electron chi connectivity index (χ0n) is 18.7. The van der Waals surface area contributed by atoms with Crippen molar-refractivity contribution in [3.05, 3.63) is 94.4 Å². The van der Waals surface area contributed by atoms with Crippen LogP contribution in [-0.4, -0.2) is 0 Å². The quantitative estimate of drug-likeness (QED) is 0.310. The molecule has 5 aromatic rings. The molecule has 0 radical (unpaired) electrons. The number of aryl methyl sites for hydroxylation is 2. The Morgan fingerprint density at radius 1 is 0.500 bits per heavy atom. The standard InChI is InChI=1S/C16H10.C14H8N4/c1-3-11-7-9-13-5-2-6-14-10-8-12(4-1)15(11)16(13)14;1-9-3-14(12(7-17)8-18)10(2)4-13(9)11(5-15)6-16/h1-10H;3-4H,1-2H3. The van der Waals surface area contributed by atoms with E-state index in [9.17, 15) is 0 Å². The molecule has 34 heavy (non-hydrogen) atoms. The molecule has 0 amide bonds. The van der Waals surface area contributed by atoms with Gasteiger partial charge in [-0.2, -0.15) is 21.0 Å². The van der Waals surface area contributed by atoms with Crippen LogP contribution in [0.3, 0.4) is 0 Å². The fourth-order valence-electron chi connectivity index (χ4n) is 4.32. The van der Waals surface area contributed by atoms with Crippen LogP contribution >= 0.6 is 0 Å². The highest BCUT2D eigenvalue weighted by atomic mass is 14.3. The maximum atomic E-state index is 8.85. The molecular formula is C30H18N4. The van der Waals surface area contributed by atoms with Gasteiger partial charge in [-0.1, -0.05) is 60.7 Å². The zero-order chi connectivity index (χ0) is 24.2. The van der Waals surface area contributed by atoms with Gasteiger partial charge in [0.15, 0.2) is 0 Å². The third kappa shape index (κ3) is 3.78. The Hall–Kier alpha value is -5.16. The van der Waals surface area contributed by atoms with Crippen molar-refractivity contribution in [2.45, 2.75) is 13.8 Å². The minimum atomic E-state index is 0.0256. The molecule has 5 aromatic carbocycles. The summed E-state index contributed by atoms with van der Waals surface area (Å²) in [5, 5.41) is 44.6. The number of benzene rings is 5. The van der Waals surface area contributed by atoms with Gasteiger partial charge < -0.3 is 0 Å². The van der Waals surface area contributed by atoms with E-state index >= 15 is 0 Å². The summed E-state index contributed by atoms with van der Waals surface area (Å²) in [4.78, 5) is 0. The van der Waals surface area contributed by atoms with Gasteiger partial charge in [0, 0.05) is 10.4 Å². The molecule has 0 aromatic heterocycles. The molecule has 0 bridgehead atoms. The van der Waals surface area contributed by atoms with Crippen LogP contribution in [-0.2, 0) is 0 Å². The maximum absolute atomic E-state index is 8.85. The van der Waals surface area contributed by atoms with Crippen LogP contribution in [0.1, 0.15) is 11.1 Å². The Morgan fingerprint density at radius 2 is 0.794 bits per heavy atom. The van der Waals surface area contributed by atoms with Gasteiger partial charge in [0.25, 0.3) is 0 Å². The van der Waals surface area contributed by atoms with Gasteiger partial charge in [-0.15, -0.1) is 0 Å². The van der Waals surface area contributed by atoms with Gasteiger partial charge in [0.1, 0.15) is 35.4 Å². The molecule has 0 N–H and O–H groups in total. The number of nitrogens with zero attached hydrogens (tertiary/aromatic N) is 4. The van der Waals surface area contributed by atoms with Gasteiger partial charge in [0.2, 0.25) is 0 Å². The second-order valence-corrected chi connectivity index (χ2v) is 7.97. The van der Waals surface area contributed by atoms with Crippen LogP contribution < -0.4 is 10.4 Å². The first kappa shape index (κ1) is 22.0. The van der Waals surface area contributed by atoms with E-state index in [2.05, 4.69) is 60.7 Å². The lowest BCUT2D eigenvalue weighted by molar-refractivity contribution is 1.29. The van der Waals surface area contributed by atoms with E-state index < -0.39 is 0 Å². The van der Waals surface area contributed by atoms with E-state index in [4.69, 9.17) is 21.0 Å². The minimum Gasteiger partial charge on any atom is -0.192 e. The highest BCUT2D eigenvalue weighted by molar-refractivity contribution is 6.22. The minimum absolute atomic E-state index is 0.0256. The molecule has 0 fully saturated rings. The lowest BCUT2D eigenvalue weighted by Crippen LogP contribution is -2.19. The first-order chi connectivity index (χ1) is 16.5. The number of hydrogen-bond donors (Lipinski definition) is 0. The Morgan fingerprint density at radius 3 is 1.06 bits per heavy atom. The van der Waals surface area contributed by atoms with Crippen LogP contribution in [0.25, 0.3) is 43.5 Å². The molecule has 158 valence electrons. The molecule has 0 unspecified atom stereocenters. The Labute approximate surface area is 197 Å². The monoisotopic (exact) mass is 434 g/mol. The molecule has 4 nitrogen and oxygen atoms in total. The van der Waals surface area contributed by atoms with Gasteiger partial charge in [-0.05, 0) is 69.4 Å². The van der Waals surface area contributed by atoms with Crippen LogP contribution in [0.2, 0.25) is 0 Å². The highest BCUT2D eigenvalue weighted by Gasteiger charge is 2.06. The van der Waals surface area contributed by atoms with E-state index in [-0.39, 0.29) is 11.1 Å². The molecule has 0 aliphatic carbocycles. The highest BCUT2D eigenvalue weighted by Crippen LogP contribution is 2.33. The van der Waals surface area contributed by atoms with Crippen molar-refractivity contribution >= 4 is 43.5 Å². The van der Waals surface area contributed by atoms with Gasteiger partial charge in [-0.25, -0.2) is 0 Å². The third-order valence-electron chi connectivity index (χ3n) is 5.95. The van der Waals surface area contributed by atoms with Crippen molar-refractivity contribution < 1.29 is 0 Å². The summed E-state index contributed by atoms with van der Waals surface area (Å²) in [7, 11) is 0. The average Bonchev–Trinajstić information content (AvgIpc) is 2.87. The SMILES string of the molecule is Cc1cc(=C(C#N)C#N)c(C)cc1=C(C#N)C#N.c1cc2ccc3cccc4ccc(c1)c2c34. The second kappa shape index (κ2) is 9.14. The number of nitriles is 4. The molecule has 0 aliphatic heterocycles. The molecule has 0 saturated heterocycles. The first-order valence-corrected chi connectivity index (χ1v) is 10.6. The average molecular weight is 435 g/mol. The molecule has 0 aliphatic rings. The van der Waals surface area contributed by atoms with Crippen molar-refractivity contribution in [1.29, 1.82) is 21.0 Å². The molecule has 5 rings (SSSR count). The van der Waals surface area contributed by atoms with Crippen molar-refractivity contribution in [2.24, 2.45) is 0 Å². The summed E-state index contributed by atoms with van der Waals surface area (Å²) in [6.07, 6.45) is 0. The molecule has 0 spiro atoms. The number of rotatable bonds is 0. The largest absolute Gasteiger partial charge is 0.192 e. The van der Waals surface area contributed by atoms with Crippen LogP contribution in [0.5, 0.6) is 0 Å². The normalized spacial score (nSPS) is 9.94. The summed E-state index contributed by atoms with van der Waals surface area (Å²) in [5.41, 5.74) is 1.43. The van der Waals surface area contributed by atoms with E-state index in [1.165, 1.54) is 32.3 Å². The fourth-order valence-corrected chi connectivity index (χ4v) is 4.32. The van der Waals surface area contributed by atoms with E-state index in [1.807, 2.05) is 24.3 Å². The number of hydrogen-bond acceptors (Lipinski definition) is 4. The second-order valence-electron chi connectivity index (χ2n) is 7.97. The maximum Gasteiger partial charge on any atom is 0.137 e. The molecule has 0 saturated carbocycles.